The van der Waals surface area contributed by atoms with Crippen molar-refractivity contribution in [1.29, 1.82) is 0 Å². The van der Waals surface area contributed by atoms with Crippen LogP contribution >= 0.6 is 0 Å². The maximum Gasteiger partial charge on any atom is 0.0802 e. The predicted molar refractivity (Wildman–Crippen MR) is 59.2 cm³/mol. The highest BCUT2D eigenvalue weighted by atomic mass is 16.3. The van der Waals surface area contributed by atoms with Gasteiger partial charge in [-0.3, -0.25) is 0 Å². The van der Waals surface area contributed by atoms with Crippen molar-refractivity contribution >= 4 is 0 Å². The molecule has 0 aliphatic rings. The van der Waals surface area contributed by atoms with Gasteiger partial charge in [0.15, 0.2) is 0 Å². The molecule has 0 fully saturated rings. The average Bonchev–Trinajstić information content (AvgIpc) is 2.25. The van der Waals surface area contributed by atoms with Gasteiger partial charge in [0.2, 0.25) is 0 Å². The van der Waals surface area contributed by atoms with Crippen LogP contribution in [0.3, 0.4) is 0 Å². The molecule has 0 amide bonds. The topological polar surface area (TPSA) is 32.3 Å². The lowest BCUT2D eigenvalue weighted by molar-refractivity contribution is 0.167. The highest BCUT2D eigenvalue weighted by Crippen LogP contribution is 2.14. The molecule has 0 saturated heterocycles. The summed E-state index contributed by atoms with van der Waals surface area (Å²) in [6.07, 6.45) is 1.59. The van der Waals surface area contributed by atoms with Gasteiger partial charge in [0.25, 0.3) is 0 Å². The standard InChI is InChI=1S/C12H19NO/c1-2-9-13-10-8-12(14)11-6-4-3-5-7-11/h3-7,12-14H,2,8-10H2,1H3. The van der Waals surface area contributed by atoms with E-state index in [1.54, 1.807) is 0 Å². The molecule has 2 nitrogen and oxygen atoms in total. The maximum absolute atomic E-state index is 9.78. The van der Waals surface area contributed by atoms with E-state index < -0.39 is 0 Å². The summed E-state index contributed by atoms with van der Waals surface area (Å²) in [5, 5.41) is 13.1. The molecule has 1 atom stereocenters. The molecular formula is C12H19NO. The van der Waals surface area contributed by atoms with Crippen LogP contribution in [0.2, 0.25) is 0 Å². The number of nitrogens with one attached hydrogen (secondary N) is 1. The van der Waals surface area contributed by atoms with Crippen LogP contribution in [0.25, 0.3) is 0 Å². The predicted octanol–water partition coefficient (Wildman–Crippen LogP) is 2.11. The Morgan fingerprint density at radius 1 is 1.21 bits per heavy atom. The van der Waals surface area contributed by atoms with Crippen molar-refractivity contribution in [3.8, 4) is 0 Å². The normalized spacial score (nSPS) is 12.7. The number of benzene rings is 1. The summed E-state index contributed by atoms with van der Waals surface area (Å²) in [6.45, 7) is 4.05. The summed E-state index contributed by atoms with van der Waals surface area (Å²) in [5.74, 6) is 0. The van der Waals surface area contributed by atoms with Gasteiger partial charge in [-0.1, -0.05) is 37.3 Å². The van der Waals surface area contributed by atoms with Crippen molar-refractivity contribution in [2.24, 2.45) is 0 Å². The molecule has 1 unspecified atom stereocenters. The van der Waals surface area contributed by atoms with Crippen molar-refractivity contribution in [3.05, 3.63) is 35.9 Å². The molecule has 0 radical (unpaired) electrons. The molecule has 1 aromatic rings. The van der Waals surface area contributed by atoms with Crippen LogP contribution in [0.1, 0.15) is 31.4 Å². The van der Waals surface area contributed by atoms with E-state index in [-0.39, 0.29) is 6.10 Å². The smallest absolute Gasteiger partial charge is 0.0802 e. The minimum absolute atomic E-state index is 0.333. The van der Waals surface area contributed by atoms with E-state index in [0.29, 0.717) is 0 Å². The average molecular weight is 193 g/mol. The lowest BCUT2D eigenvalue weighted by atomic mass is 10.1. The molecule has 14 heavy (non-hydrogen) atoms. The first kappa shape index (κ1) is 11.2. The Bertz CT molecular complexity index is 235. The zero-order valence-electron chi connectivity index (χ0n) is 8.74. The van der Waals surface area contributed by atoms with E-state index >= 15 is 0 Å². The van der Waals surface area contributed by atoms with Gasteiger partial charge in [0.05, 0.1) is 6.10 Å². The molecule has 2 heteroatoms. The van der Waals surface area contributed by atoms with Gasteiger partial charge in [-0.2, -0.15) is 0 Å². The zero-order valence-corrected chi connectivity index (χ0v) is 8.74. The Morgan fingerprint density at radius 3 is 2.57 bits per heavy atom. The van der Waals surface area contributed by atoms with Crippen molar-refractivity contribution in [2.45, 2.75) is 25.9 Å². The first-order valence-corrected chi connectivity index (χ1v) is 5.28. The molecule has 0 aromatic heterocycles. The highest BCUT2D eigenvalue weighted by molar-refractivity contribution is 5.17. The van der Waals surface area contributed by atoms with E-state index in [1.165, 1.54) is 0 Å². The summed E-state index contributed by atoms with van der Waals surface area (Å²) in [4.78, 5) is 0. The quantitative estimate of drug-likeness (QED) is 0.678. The number of rotatable bonds is 6. The Balaban J connectivity index is 2.25. The second-order valence-electron chi connectivity index (χ2n) is 3.47. The van der Waals surface area contributed by atoms with Crippen molar-refractivity contribution in [1.82, 2.24) is 5.32 Å². The van der Waals surface area contributed by atoms with Crippen LogP contribution in [-0.2, 0) is 0 Å². The van der Waals surface area contributed by atoms with Crippen LogP contribution in [-0.4, -0.2) is 18.2 Å². The van der Waals surface area contributed by atoms with Gasteiger partial charge in [0.1, 0.15) is 0 Å². The van der Waals surface area contributed by atoms with Crippen molar-refractivity contribution in [3.63, 3.8) is 0 Å². The Kier molecular flexibility index (Phi) is 5.27. The monoisotopic (exact) mass is 193 g/mol. The van der Waals surface area contributed by atoms with Crippen LogP contribution in [0.5, 0.6) is 0 Å². The fraction of sp³-hybridized carbons (Fsp3) is 0.500. The first-order valence-electron chi connectivity index (χ1n) is 5.28. The molecule has 1 aromatic carbocycles. The fourth-order valence-corrected chi connectivity index (χ4v) is 1.38. The summed E-state index contributed by atoms with van der Waals surface area (Å²) < 4.78 is 0. The second-order valence-corrected chi connectivity index (χ2v) is 3.47. The Labute approximate surface area is 86.0 Å². The third-order valence-electron chi connectivity index (χ3n) is 2.21. The molecule has 0 aliphatic carbocycles. The number of hydrogen-bond acceptors (Lipinski definition) is 2. The van der Waals surface area contributed by atoms with Gasteiger partial charge < -0.3 is 10.4 Å². The molecule has 1 rings (SSSR count). The van der Waals surface area contributed by atoms with Gasteiger partial charge >= 0.3 is 0 Å². The molecule has 0 spiro atoms. The minimum atomic E-state index is -0.333. The Morgan fingerprint density at radius 2 is 1.93 bits per heavy atom. The molecule has 0 saturated carbocycles. The van der Waals surface area contributed by atoms with Gasteiger partial charge in [0, 0.05) is 0 Å². The Hall–Kier alpha value is -0.860. The van der Waals surface area contributed by atoms with E-state index in [2.05, 4.69) is 12.2 Å². The first-order chi connectivity index (χ1) is 6.84. The summed E-state index contributed by atoms with van der Waals surface area (Å²) >= 11 is 0. The van der Waals surface area contributed by atoms with E-state index in [9.17, 15) is 5.11 Å². The summed E-state index contributed by atoms with van der Waals surface area (Å²) in [5.41, 5.74) is 1.01. The van der Waals surface area contributed by atoms with Gasteiger partial charge in [-0.25, -0.2) is 0 Å². The molecule has 0 bridgehead atoms. The summed E-state index contributed by atoms with van der Waals surface area (Å²) in [6, 6.07) is 9.80. The number of aliphatic hydroxyl groups is 1. The summed E-state index contributed by atoms with van der Waals surface area (Å²) in [7, 11) is 0. The van der Waals surface area contributed by atoms with Gasteiger partial charge in [-0.05, 0) is 31.5 Å². The second kappa shape index (κ2) is 6.57. The molecule has 0 aliphatic heterocycles. The molecule has 2 N–H and O–H groups in total. The van der Waals surface area contributed by atoms with Crippen LogP contribution < -0.4 is 5.32 Å². The van der Waals surface area contributed by atoms with Gasteiger partial charge in [-0.15, -0.1) is 0 Å². The lowest BCUT2D eigenvalue weighted by Gasteiger charge is -2.10. The van der Waals surface area contributed by atoms with E-state index in [4.69, 9.17) is 0 Å². The van der Waals surface area contributed by atoms with E-state index in [1.807, 2.05) is 30.3 Å². The van der Waals surface area contributed by atoms with Crippen LogP contribution in [0, 0.1) is 0 Å². The van der Waals surface area contributed by atoms with Crippen molar-refractivity contribution in [2.75, 3.05) is 13.1 Å². The molecule has 0 heterocycles. The largest absolute Gasteiger partial charge is 0.388 e. The van der Waals surface area contributed by atoms with Crippen LogP contribution in [0.4, 0.5) is 0 Å². The molecule has 78 valence electrons. The number of aliphatic hydroxyl groups excluding tert-OH is 1. The minimum Gasteiger partial charge on any atom is -0.388 e. The lowest BCUT2D eigenvalue weighted by Crippen LogP contribution is -2.18. The highest BCUT2D eigenvalue weighted by Gasteiger charge is 2.04. The van der Waals surface area contributed by atoms with Crippen molar-refractivity contribution < 1.29 is 5.11 Å². The zero-order chi connectivity index (χ0) is 10.2. The molecular weight excluding hydrogens is 174 g/mol. The van der Waals surface area contributed by atoms with E-state index in [0.717, 1.165) is 31.5 Å². The third kappa shape index (κ3) is 3.90. The third-order valence-corrected chi connectivity index (χ3v) is 2.21. The number of hydrogen-bond donors (Lipinski definition) is 2. The van der Waals surface area contributed by atoms with Crippen LogP contribution in [0.15, 0.2) is 30.3 Å². The SMILES string of the molecule is CCCNCCC(O)c1ccccc1. The maximum atomic E-state index is 9.78. The fourth-order valence-electron chi connectivity index (χ4n) is 1.38.